The lowest BCUT2D eigenvalue weighted by atomic mass is 9.74. The predicted octanol–water partition coefficient (Wildman–Crippen LogP) is 1.69. The predicted molar refractivity (Wildman–Crippen MR) is 45.3 cm³/mol. The summed E-state index contributed by atoms with van der Waals surface area (Å²) in [4.78, 5) is 3.08. The van der Waals surface area contributed by atoms with Crippen LogP contribution in [-0.2, 0) is 0 Å². The minimum absolute atomic E-state index is 0.433. The molecule has 60 valence electrons. The summed E-state index contributed by atoms with van der Waals surface area (Å²) in [6, 6.07) is 2.69. The topological polar surface area (TPSA) is 27.8 Å². The van der Waals surface area contributed by atoms with E-state index in [4.69, 9.17) is 0 Å². The van der Waals surface area contributed by atoms with Gasteiger partial charge in [-0.3, -0.25) is 0 Å². The van der Waals surface area contributed by atoms with Gasteiger partial charge in [0.1, 0.15) is 0 Å². The maximum Gasteiger partial charge on any atom is 0.0399 e. The van der Waals surface area contributed by atoms with Gasteiger partial charge in [-0.15, -0.1) is 0 Å². The van der Waals surface area contributed by atoms with Gasteiger partial charge < -0.3 is 10.3 Å². The highest BCUT2D eigenvalue weighted by molar-refractivity contribution is 5.20. The van der Waals surface area contributed by atoms with Crippen molar-refractivity contribution in [1.29, 1.82) is 0 Å². The van der Waals surface area contributed by atoms with Crippen LogP contribution in [-0.4, -0.2) is 11.5 Å². The molecule has 2 nitrogen and oxygen atoms in total. The van der Waals surface area contributed by atoms with E-state index >= 15 is 0 Å². The molecule has 1 aromatic rings. The van der Waals surface area contributed by atoms with Crippen LogP contribution in [0.3, 0.4) is 0 Å². The molecule has 1 saturated heterocycles. The summed E-state index contributed by atoms with van der Waals surface area (Å²) in [5.74, 6) is 0. The molecule has 1 atom stereocenters. The standard InChI is InChI=1S/C9H14N2/c1-9(2)6-11-8(9)7-3-4-10-5-7/h3-5,8,10-11H,6H2,1-2H3. The SMILES string of the molecule is CC1(C)CNC1c1cc[nH]c1. The Morgan fingerprint density at radius 2 is 2.36 bits per heavy atom. The van der Waals surface area contributed by atoms with E-state index in [0.29, 0.717) is 11.5 Å². The van der Waals surface area contributed by atoms with Crippen molar-refractivity contribution in [3.63, 3.8) is 0 Å². The van der Waals surface area contributed by atoms with E-state index in [2.05, 4.69) is 36.4 Å². The van der Waals surface area contributed by atoms with E-state index in [1.54, 1.807) is 0 Å². The summed E-state index contributed by atoms with van der Waals surface area (Å²) >= 11 is 0. The van der Waals surface area contributed by atoms with Gasteiger partial charge in [0, 0.05) is 25.0 Å². The Kier molecular flexibility index (Phi) is 1.33. The molecular formula is C9H14N2. The molecule has 11 heavy (non-hydrogen) atoms. The molecule has 0 amide bonds. The van der Waals surface area contributed by atoms with E-state index < -0.39 is 0 Å². The third-order valence-electron chi connectivity index (χ3n) is 2.50. The van der Waals surface area contributed by atoms with Crippen LogP contribution in [0.4, 0.5) is 0 Å². The lowest BCUT2D eigenvalue weighted by molar-refractivity contribution is 0.128. The van der Waals surface area contributed by atoms with E-state index in [0.717, 1.165) is 6.54 Å². The molecule has 0 aliphatic carbocycles. The molecular weight excluding hydrogens is 136 g/mol. The highest BCUT2D eigenvalue weighted by Gasteiger charge is 2.38. The summed E-state index contributed by atoms with van der Waals surface area (Å²) in [5.41, 5.74) is 1.81. The maximum absolute atomic E-state index is 3.42. The first-order valence-corrected chi connectivity index (χ1v) is 4.06. The van der Waals surface area contributed by atoms with Crippen molar-refractivity contribution >= 4 is 0 Å². The third kappa shape index (κ3) is 0.979. The van der Waals surface area contributed by atoms with Crippen molar-refractivity contribution < 1.29 is 0 Å². The molecule has 1 unspecified atom stereocenters. The average Bonchev–Trinajstić information content (AvgIpc) is 2.38. The van der Waals surface area contributed by atoms with Crippen molar-refractivity contribution in [3.05, 3.63) is 24.0 Å². The van der Waals surface area contributed by atoms with Gasteiger partial charge in [-0.05, 0) is 17.0 Å². The summed E-state index contributed by atoms with van der Waals surface area (Å²) in [7, 11) is 0. The summed E-state index contributed by atoms with van der Waals surface area (Å²) in [6.45, 7) is 5.71. The first-order valence-electron chi connectivity index (χ1n) is 4.06. The van der Waals surface area contributed by atoms with Crippen LogP contribution in [0.25, 0.3) is 0 Å². The number of H-pyrrole nitrogens is 1. The molecule has 0 aromatic carbocycles. The number of nitrogens with one attached hydrogen (secondary N) is 2. The first-order chi connectivity index (χ1) is 5.20. The quantitative estimate of drug-likeness (QED) is 0.626. The second-order valence-corrected chi connectivity index (χ2v) is 3.95. The molecule has 2 heterocycles. The van der Waals surface area contributed by atoms with Gasteiger partial charge in [0.05, 0.1) is 0 Å². The summed E-state index contributed by atoms with van der Waals surface area (Å²) in [5, 5.41) is 3.42. The van der Waals surface area contributed by atoms with Crippen LogP contribution >= 0.6 is 0 Å². The molecule has 2 heteroatoms. The van der Waals surface area contributed by atoms with Gasteiger partial charge in [-0.25, -0.2) is 0 Å². The molecule has 0 spiro atoms. The highest BCUT2D eigenvalue weighted by Crippen LogP contribution is 2.39. The lowest BCUT2D eigenvalue weighted by Gasteiger charge is -2.45. The van der Waals surface area contributed by atoms with Crippen LogP contribution in [0.15, 0.2) is 18.5 Å². The van der Waals surface area contributed by atoms with E-state index in [9.17, 15) is 0 Å². The first kappa shape index (κ1) is 6.92. The van der Waals surface area contributed by atoms with Crippen LogP contribution in [0.1, 0.15) is 25.5 Å². The zero-order valence-electron chi connectivity index (χ0n) is 7.02. The third-order valence-corrected chi connectivity index (χ3v) is 2.50. The van der Waals surface area contributed by atoms with Gasteiger partial charge >= 0.3 is 0 Å². The molecule has 2 N–H and O–H groups in total. The number of rotatable bonds is 1. The molecule has 0 saturated carbocycles. The Morgan fingerprint density at radius 1 is 1.55 bits per heavy atom. The van der Waals surface area contributed by atoms with Crippen LogP contribution in [0.2, 0.25) is 0 Å². The molecule has 1 aliphatic heterocycles. The number of hydrogen-bond acceptors (Lipinski definition) is 1. The Balaban J connectivity index is 2.20. The van der Waals surface area contributed by atoms with Gasteiger partial charge in [-0.2, -0.15) is 0 Å². The lowest BCUT2D eigenvalue weighted by Crippen LogP contribution is -2.52. The Bertz CT molecular complexity index is 236. The summed E-state index contributed by atoms with van der Waals surface area (Å²) in [6.07, 6.45) is 4.05. The van der Waals surface area contributed by atoms with Crippen LogP contribution < -0.4 is 5.32 Å². The molecule has 1 aliphatic rings. The second kappa shape index (κ2) is 2.11. The fraction of sp³-hybridized carbons (Fsp3) is 0.556. The van der Waals surface area contributed by atoms with E-state index in [-0.39, 0.29) is 0 Å². The minimum Gasteiger partial charge on any atom is -0.367 e. The fourth-order valence-electron chi connectivity index (χ4n) is 1.70. The van der Waals surface area contributed by atoms with Crippen LogP contribution in [0.5, 0.6) is 0 Å². The molecule has 1 fully saturated rings. The highest BCUT2D eigenvalue weighted by atomic mass is 15.0. The van der Waals surface area contributed by atoms with Crippen molar-refractivity contribution in [3.8, 4) is 0 Å². The minimum atomic E-state index is 0.433. The summed E-state index contributed by atoms with van der Waals surface area (Å²) < 4.78 is 0. The average molecular weight is 150 g/mol. The van der Waals surface area contributed by atoms with Crippen molar-refractivity contribution in [1.82, 2.24) is 10.3 Å². The zero-order chi connectivity index (χ0) is 7.90. The molecule has 0 radical (unpaired) electrons. The van der Waals surface area contributed by atoms with Crippen molar-refractivity contribution in [2.75, 3.05) is 6.54 Å². The second-order valence-electron chi connectivity index (χ2n) is 3.95. The Morgan fingerprint density at radius 3 is 2.73 bits per heavy atom. The smallest absolute Gasteiger partial charge is 0.0399 e. The maximum atomic E-state index is 3.42. The Labute approximate surface area is 67.0 Å². The monoisotopic (exact) mass is 150 g/mol. The molecule has 2 rings (SSSR count). The van der Waals surface area contributed by atoms with Gasteiger partial charge in [-0.1, -0.05) is 13.8 Å². The van der Waals surface area contributed by atoms with Gasteiger partial charge in [0.2, 0.25) is 0 Å². The van der Waals surface area contributed by atoms with Crippen LogP contribution in [0, 0.1) is 5.41 Å². The molecule has 1 aromatic heterocycles. The van der Waals surface area contributed by atoms with Crippen molar-refractivity contribution in [2.24, 2.45) is 5.41 Å². The largest absolute Gasteiger partial charge is 0.367 e. The van der Waals surface area contributed by atoms with E-state index in [1.165, 1.54) is 5.56 Å². The number of aromatic amines is 1. The van der Waals surface area contributed by atoms with Crippen molar-refractivity contribution in [2.45, 2.75) is 19.9 Å². The number of hydrogen-bond donors (Lipinski definition) is 2. The van der Waals surface area contributed by atoms with Gasteiger partial charge in [0.15, 0.2) is 0 Å². The van der Waals surface area contributed by atoms with Gasteiger partial charge in [0.25, 0.3) is 0 Å². The normalized spacial score (nSPS) is 28.0. The Hall–Kier alpha value is -0.760. The zero-order valence-corrected chi connectivity index (χ0v) is 7.02. The number of aromatic nitrogens is 1. The molecule has 0 bridgehead atoms. The van der Waals surface area contributed by atoms with E-state index in [1.807, 2.05) is 6.20 Å². The fourth-order valence-corrected chi connectivity index (χ4v) is 1.70.